The number of allylic oxidation sites excluding steroid dienone is 8. The molecule has 0 radical (unpaired) electrons. The van der Waals surface area contributed by atoms with Crippen LogP contribution in [0.2, 0.25) is 0 Å². The lowest BCUT2D eigenvalue weighted by molar-refractivity contribution is 0.0483. The normalized spacial score (nSPS) is 26.8. The molecule has 0 aromatic carbocycles. The van der Waals surface area contributed by atoms with Crippen molar-refractivity contribution in [3.05, 3.63) is 72.9 Å². The van der Waals surface area contributed by atoms with Crippen LogP contribution in [-0.4, -0.2) is 138 Å². The number of carbonyl (C=O) groups excluding carboxylic acids is 6. The summed E-state index contributed by atoms with van der Waals surface area (Å²) in [6.45, 7) is 43.2. The highest BCUT2D eigenvalue weighted by Gasteiger charge is 2.29. The van der Waals surface area contributed by atoms with E-state index in [4.69, 9.17) is 48.6 Å². The van der Waals surface area contributed by atoms with Crippen molar-refractivity contribution in [3.8, 4) is 0 Å². The Morgan fingerprint density at radius 3 is 0.916 bits per heavy atom. The van der Waals surface area contributed by atoms with Crippen molar-refractivity contribution in [3.63, 3.8) is 0 Å². The van der Waals surface area contributed by atoms with Crippen LogP contribution in [0.4, 0.5) is 28.8 Å². The number of alkyl carbamates (subject to hydrolysis) is 3. The minimum atomic E-state index is -0.473. The molecule has 18 N–H and O–H groups in total. The van der Waals surface area contributed by atoms with Gasteiger partial charge in [0.1, 0.15) is 16.8 Å². The standard InChI is InChI=1S/3C13H24N2O2.3C13H24N2OS.C3H8.C2H6/c6*1-13(2,3)17-12(16)15-11-9-7-5-4-6-8-10(11)14;1-3-2;1-2/h7,9-11H,4-6,8,14H2,1-3H3,(H,15,16);6,8,10-11H,4-5,7,9,14H2,1-3H3,(H,15,16);4-5,10-11H,6-9,14H2,1-3H3,(H,15,16);7,9-11H,4-6,8,14H2,1-3H3,(H,15,16);6,8,10-11H,4-5,7,9,14H2,1-3H3,(H,15,16);4-5,10-11H,6-9,14H2,1-3H3,(H,15,16);3H2,1-2H3;1-2H3/b9-7+;8-6+;5-4+;9-7+;8-6+;5-4+;;/t10-,11?;10?,11-;10-,11+;10-,11?;10?,11-;10-,11+;;/m110110../s1. The van der Waals surface area contributed by atoms with Gasteiger partial charge < -0.3 is 80.5 Å². The first kappa shape index (κ1) is 105. The van der Waals surface area contributed by atoms with Gasteiger partial charge in [0.25, 0.3) is 15.7 Å². The van der Waals surface area contributed by atoms with Crippen LogP contribution in [-0.2, 0) is 14.2 Å². The highest BCUT2D eigenvalue weighted by molar-refractivity contribution is 8.15. The molecular weight excluding hydrogens is 1410 g/mol. The highest BCUT2D eigenvalue weighted by Crippen LogP contribution is 2.28. The van der Waals surface area contributed by atoms with Gasteiger partial charge in [0.2, 0.25) is 0 Å². The second-order valence-electron chi connectivity index (χ2n) is 34.0. The number of amides is 6. The van der Waals surface area contributed by atoms with Gasteiger partial charge in [-0.2, -0.15) is 0 Å². The molecule has 4 unspecified atom stereocenters. The Hall–Kier alpha value is -4.53. The fourth-order valence-electron chi connectivity index (χ4n) is 11.0. The van der Waals surface area contributed by atoms with Gasteiger partial charge in [0.05, 0.1) is 18.1 Å². The summed E-state index contributed by atoms with van der Waals surface area (Å²) >= 11 is 4.00. The number of carbonyl (C=O) groups is 6. The van der Waals surface area contributed by atoms with E-state index >= 15 is 0 Å². The van der Waals surface area contributed by atoms with E-state index in [1.165, 1.54) is 61.0 Å². The van der Waals surface area contributed by atoms with Gasteiger partial charge in [-0.1, -0.05) is 230 Å². The third-order valence-electron chi connectivity index (χ3n) is 16.0. The first-order valence-electron chi connectivity index (χ1n) is 40.2. The lowest BCUT2D eigenvalue weighted by Crippen LogP contribution is -2.49. The van der Waals surface area contributed by atoms with E-state index in [9.17, 15) is 28.8 Å². The molecule has 0 aromatic rings. The summed E-state index contributed by atoms with van der Waals surface area (Å²) in [5, 5.41) is 17.7. The Balaban J connectivity index is 0. The smallest absolute Gasteiger partial charge is 0.408 e. The molecule has 622 valence electrons. The zero-order valence-corrected chi connectivity index (χ0v) is 73.3. The minimum Gasteiger partial charge on any atom is -0.444 e. The molecular formula is C83H158N12O9S3. The molecule has 0 aromatic heterocycles. The van der Waals surface area contributed by atoms with E-state index in [0.717, 1.165) is 135 Å². The summed E-state index contributed by atoms with van der Waals surface area (Å²) in [5.41, 5.74) is 34.9. The lowest BCUT2D eigenvalue weighted by atomic mass is 9.96. The molecule has 6 aliphatic rings. The van der Waals surface area contributed by atoms with Crippen molar-refractivity contribution in [1.29, 1.82) is 0 Å². The van der Waals surface area contributed by atoms with E-state index in [2.05, 4.69) is 94.4 Å². The third kappa shape index (κ3) is 61.8. The summed E-state index contributed by atoms with van der Waals surface area (Å²) < 4.78 is 15.5. The van der Waals surface area contributed by atoms with Crippen LogP contribution in [0.5, 0.6) is 0 Å². The van der Waals surface area contributed by atoms with Gasteiger partial charge in [-0.25, -0.2) is 14.4 Å². The molecule has 6 rings (SSSR count). The lowest BCUT2D eigenvalue weighted by Gasteiger charge is -2.27. The monoisotopic (exact) mass is 1560 g/mol. The fraction of sp³-hybridized carbons (Fsp3) is 0.783. The zero-order chi connectivity index (χ0) is 82.0. The van der Waals surface area contributed by atoms with Gasteiger partial charge >= 0.3 is 18.3 Å². The molecule has 107 heavy (non-hydrogen) atoms. The molecule has 0 aliphatic heterocycles. The Bertz CT molecular complexity index is 2440. The second-order valence-corrected chi connectivity index (χ2v) is 39.4. The van der Waals surface area contributed by atoms with Crippen molar-refractivity contribution in [2.45, 2.75) is 416 Å². The predicted octanol–water partition coefficient (Wildman–Crippen LogP) is 18.6. The SMILES string of the molecule is CC.CC(C)(C)OC(=O)NC1/C=C/CCCC[C@H]1N.CC(C)(C)OC(=O)N[C@@H]1CC/C=C/CC[C@@H]1N.CC(C)(C)OC(=O)N[C@@H]1CCCC/C=C/C1N.CC(C)(C)SC(=O)NC1/C=C/CCCC[C@H]1N.CC(C)(C)SC(=O)N[C@@H]1CC/C=C/CC[C@@H]1N.CC(C)(C)SC(=O)N[C@@H]1CCCC/C=C/C1N.CCC. The molecule has 21 nitrogen and oxygen atoms in total. The van der Waals surface area contributed by atoms with Crippen molar-refractivity contribution in [2.75, 3.05) is 0 Å². The van der Waals surface area contributed by atoms with Crippen LogP contribution in [0.15, 0.2) is 72.9 Å². The summed E-state index contributed by atoms with van der Waals surface area (Å²) in [6.07, 6.45) is 50.1. The molecule has 24 heteroatoms. The average molecular weight is 1560 g/mol. The predicted molar refractivity (Wildman–Crippen MR) is 459 cm³/mol. The first-order chi connectivity index (χ1) is 49.7. The minimum absolute atomic E-state index is 0.00692. The maximum Gasteiger partial charge on any atom is 0.408 e. The summed E-state index contributed by atoms with van der Waals surface area (Å²) in [4.78, 5) is 70.5. The zero-order valence-electron chi connectivity index (χ0n) is 70.9. The Labute approximate surface area is 664 Å². The van der Waals surface area contributed by atoms with Gasteiger partial charge in [-0.15, -0.1) is 0 Å². The molecule has 0 spiro atoms. The van der Waals surface area contributed by atoms with E-state index < -0.39 is 22.9 Å². The Morgan fingerprint density at radius 2 is 0.579 bits per heavy atom. The van der Waals surface area contributed by atoms with Crippen LogP contribution in [0.3, 0.4) is 0 Å². The molecule has 6 aliphatic carbocycles. The van der Waals surface area contributed by atoms with Crippen molar-refractivity contribution in [1.82, 2.24) is 31.9 Å². The topological polar surface area (TPSA) is 358 Å². The third-order valence-corrected chi connectivity index (χ3v) is 18.8. The van der Waals surface area contributed by atoms with Gasteiger partial charge in [-0.05, 0) is 191 Å². The molecule has 12 atom stereocenters. The van der Waals surface area contributed by atoms with Crippen molar-refractivity contribution in [2.24, 2.45) is 34.4 Å². The van der Waals surface area contributed by atoms with Crippen molar-refractivity contribution >= 4 is 69.3 Å². The van der Waals surface area contributed by atoms with Crippen LogP contribution < -0.4 is 66.3 Å². The molecule has 0 bridgehead atoms. The summed E-state index contributed by atoms with van der Waals surface area (Å²) in [6, 6.07) is -0.0510. The number of nitrogens with two attached hydrogens (primary N) is 6. The van der Waals surface area contributed by atoms with E-state index in [1.54, 1.807) is 0 Å². The summed E-state index contributed by atoms with van der Waals surface area (Å²) in [5.74, 6) is 0. The summed E-state index contributed by atoms with van der Waals surface area (Å²) in [7, 11) is 0. The Kier molecular flexibility index (Phi) is 55.3. The molecule has 6 amide bonds. The maximum absolute atomic E-state index is 11.8. The largest absolute Gasteiger partial charge is 0.444 e. The van der Waals surface area contributed by atoms with E-state index in [1.807, 2.05) is 163 Å². The second kappa shape index (κ2) is 56.6. The molecule has 0 fully saturated rings. The average Bonchev–Trinajstić information content (AvgIpc) is 0.925. The van der Waals surface area contributed by atoms with Gasteiger partial charge in [0.15, 0.2) is 0 Å². The fourth-order valence-corrected chi connectivity index (χ4v) is 13.3. The van der Waals surface area contributed by atoms with Crippen LogP contribution in [0.25, 0.3) is 0 Å². The van der Waals surface area contributed by atoms with E-state index in [0.29, 0.717) is 0 Å². The number of hydrogen-bond acceptors (Lipinski definition) is 18. The Morgan fingerprint density at radius 1 is 0.318 bits per heavy atom. The molecule has 0 heterocycles. The molecule has 0 saturated heterocycles. The number of ether oxygens (including phenoxy) is 3. The number of nitrogens with one attached hydrogen (secondary N) is 6. The number of hydrogen-bond donors (Lipinski definition) is 12. The van der Waals surface area contributed by atoms with Crippen LogP contribution in [0, 0.1) is 0 Å². The van der Waals surface area contributed by atoms with E-state index in [-0.39, 0.29) is 115 Å². The first-order valence-corrected chi connectivity index (χ1v) is 42.6. The van der Waals surface area contributed by atoms with Crippen LogP contribution >= 0.6 is 35.3 Å². The van der Waals surface area contributed by atoms with Gasteiger partial charge in [0, 0.05) is 68.6 Å². The quantitative estimate of drug-likeness (QED) is 0.0868. The van der Waals surface area contributed by atoms with Crippen molar-refractivity contribution < 1.29 is 43.0 Å². The number of thioether (sulfide) groups is 3. The van der Waals surface area contributed by atoms with Gasteiger partial charge in [-0.3, -0.25) is 14.4 Å². The number of rotatable bonds is 6. The van der Waals surface area contributed by atoms with Crippen LogP contribution in [0.1, 0.15) is 313 Å². The molecule has 0 saturated carbocycles. The maximum atomic E-state index is 11.8. The highest BCUT2D eigenvalue weighted by atomic mass is 32.2.